The van der Waals surface area contributed by atoms with Crippen LogP contribution in [0.4, 0.5) is 4.53 Å². The van der Waals surface area contributed by atoms with Crippen LogP contribution in [0.1, 0.15) is 117 Å². The van der Waals surface area contributed by atoms with E-state index in [1.165, 1.54) is 96.4 Å². The molecule has 0 unspecified atom stereocenters. The molecule has 31 heavy (non-hydrogen) atoms. The lowest BCUT2D eigenvalue weighted by Gasteiger charge is -2.02. The zero-order valence-corrected chi connectivity index (χ0v) is 20.9. The minimum atomic E-state index is -3.85. The predicted octanol–water partition coefficient (Wildman–Crippen LogP) is 7.47. The maximum absolute atomic E-state index is 11.0. The van der Waals surface area contributed by atoms with Crippen LogP contribution in [0.3, 0.4) is 0 Å². The summed E-state index contributed by atoms with van der Waals surface area (Å²) in [6.45, 7) is 5.28. The van der Waals surface area contributed by atoms with Gasteiger partial charge >= 0.3 is 0 Å². The van der Waals surface area contributed by atoms with Crippen LogP contribution in [0.5, 0.6) is 0 Å². The van der Waals surface area contributed by atoms with E-state index in [0.717, 1.165) is 0 Å². The molecule has 0 atom stereocenters. The summed E-state index contributed by atoms with van der Waals surface area (Å²) in [4.78, 5) is 0. The molecule has 1 aromatic heterocycles. The fourth-order valence-corrected chi connectivity index (χ4v) is 4.13. The summed E-state index contributed by atoms with van der Waals surface area (Å²) in [5.74, 6) is -0.236. The van der Waals surface area contributed by atoms with Gasteiger partial charge in [-0.2, -0.15) is 8.42 Å². The monoisotopic (exact) mass is 460 g/mol. The fourth-order valence-electron chi connectivity index (χ4n) is 3.42. The molecule has 1 aromatic rings. The fraction of sp³-hybridized carbons (Fsp3) is 0.800. The number of pyridine rings is 1. The second kappa shape index (κ2) is 22.2. The highest BCUT2D eigenvalue weighted by Gasteiger charge is 2.09. The molecule has 0 aliphatic rings. The summed E-state index contributed by atoms with van der Waals surface area (Å²) in [6.07, 6.45) is 25.6. The lowest BCUT2D eigenvalue weighted by Crippen LogP contribution is -2.32. The van der Waals surface area contributed by atoms with E-state index in [1.807, 2.05) is 6.92 Å². The van der Waals surface area contributed by atoms with Crippen molar-refractivity contribution in [2.75, 3.05) is 5.75 Å². The summed E-state index contributed by atoms with van der Waals surface area (Å²) in [7, 11) is -3.85. The molecule has 0 N–H and O–H groups in total. The smallest absolute Gasteiger partial charge is 0.205 e. The highest BCUT2D eigenvalue weighted by atomic mass is 32.2. The number of hydrogen-bond acceptors (Lipinski definition) is 3. The van der Waals surface area contributed by atoms with Crippen LogP contribution >= 0.6 is 0 Å². The molecule has 0 amide bonds. The first-order valence-corrected chi connectivity index (χ1v) is 14.1. The Morgan fingerprint density at radius 3 is 1.48 bits per heavy atom. The van der Waals surface area contributed by atoms with Gasteiger partial charge in [-0.1, -0.05) is 108 Å². The molecule has 182 valence electrons. The highest BCUT2D eigenvalue weighted by Crippen LogP contribution is 2.12. The Morgan fingerprint density at radius 2 is 1.06 bits per heavy atom. The SMILES string of the molecule is CCCCCCCCCCCCCCCC[n+]1ccccc1.CCCCS(=O)(=O)OF. The van der Waals surface area contributed by atoms with E-state index in [0.29, 0.717) is 12.8 Å². The Bertz CT molecular complexity index is 582. The van der Waals surface area contributed by atoms with Crippen molar-refractivity contribution in [2.45, 2.75) is 123 Å². The van der Waals surface area contributed by atoms with Crippen LogP contribution in [0, 0.1) is 0 Å². The summed E-state index contributed by atoms with van der Waals surface area (Å²) in [5, 5.41) is 0. The van der Waals surface area contributed by atoms with E-state index >= 15 is 0 Å². The highest BCUT2D eigenvalue weighted by molar-refractivity contribution is 7.86. The number of rotatable bonds is 19. The molecule has 0 saturated heterocycles. The van der Waals surface area contributed by atoms with Crippen molar-refractivity contribution < 1.29 is 21.9 Å². The predicted molar refractivity (Wildman–Crippen MR) is 128 cm³/mol. The van der Waals surface area contributed by atoms with E-state index in [-0.39, 0.29) is 5.75 Å². The summed E-state index contributed by atoms with van der Waals surface area (Å²) < 4.78 is 36.3. The molecule has 0 aromatic carbocycles. The number of hydrogen-bond donors (Lipinski definition) is 0. The Labute approximate surface area is 191 Å². The van der Waals surface area contributed by atoms with Crippen molar-refractivity contribution in [3.63, 3.8) is 0 Å². The van der Waals surface area contributed by atoms with Crippen molar-refractivity contribution in [2.24, 2.45) is 0 Å². The molecule has 0 aliphatic carbocycles. The third-order valence-corrected chi connectivity index (χ3v) is 6.37. The lowest BCUT2D eigenvalue weighted by molar-refractivity contribution is -0.697. The first kappa shape index (κ1) is 30.0. The Morgan fingerprint density at radius 1 is 0.645 bits per heavy atom. The van der Waals surface area contributed by atoms with Crippen LogP contribution in [0.2, 0.25) is 0 Å². The first-order chi connectivity index (χ1) is 15.1. The van der Waals surface area contributed by atoms with E-state index in [9.17, 15) is 12.9 Å². The number of unbranched alkanes of at least 4 members (excludes halogenated alkanes) is 14. The molecular weight excluding hydrogens is 413 g/mol. The van der Waals surface area contributed by atoms with Crippen molar-refractivity contribution in [3.8, 4) is 0 Å². The van der Waals surface area contributed by atoms with Gasteiger partial charge < -0.3 is 0 Å². The summed E-state index contributed by atoms with van der Waals surface area (Å²) >= 11 is 0. The average molecular weight is 461 g/mol. The molecule has 1 rings (SSSR count). The standard InChI is InChI=1S/C21H38N.C4H9FO3S/c1-2-3-4-5-6-7-8-9-10-11-12-13-14-16-19-22-20-17-15-18-21-22;1-2-3-4-9(6,7)8-5/h15,17-18,20-21H,2-14,16,19H2,1H3;2-4H2,1H3/q+1;. The Hall–Kier alpha value is -1.01. The summed E-state index contributed by atoms with van der Waals surface area (Å²) in [6, 6.07) is 6.31. The second-order valence-corrected chi connectivity index (χ2v) is 10.0. The Kier molecular flexibility index (Phi) is 21.5. The van der Waals surface area contributed by atoms with Crippen LogP contribution < -0.4 is 4.57 Å². The molecule has 4 nitrogen and oxygen atoms in total. The van der Waals surface area contributed by atoms with Gasteiger partial charge in [0.25, 0.3) is 10.1 Å². The van der Waals surface area contributed by atoms with Crippen molar-refractivity contribution in [1.82, 2.24) is 0 Å². The van der Waals surface area contributed by atoms with Gasteiger partial charge in [-0.05, 0) is 17.4 Å². The molecule has 0 saturated carbocycles. The minimum absolute atomic E-state index is 0.236. The number of halogens is 1. The van der Waals surface area contributed by atoms with Crippen molar-refractivity contribution in [3.05, 3.63) is 30.6 Å². The zero-order valence-electron chi connectivity index (χ0n) is 20.1. The molecule has 0 radical (unpaired) electrons. The maximum atomic E-state index is 11.0. The molecular formula is C25H47FNO3S+. The largest absolute Gasteiger partial charge is 0.297 e. The molecule has 0 bridgehead atoms. The van der Waals surface area contributed by atoms with Gasteiger partial charge in [0.2, 0.25) is 0 Å². The topological polar surface area (TPSA) is 47.2 Å². The van der Waals surface area contributed by atoms with E-state index in [4.69, 9.17) is 0 Å². The number of nitrogens with zero attached hydrogens (tertiary/aromatic N) is 1. The van der Waals surface area contributed by atoms with Gasteiger partial charge in [0.15, 0.2) is 12.4 Å². The van der Waals surface area contributed by atoms with Crippen LogP contribution in [0.15, 0.2) is 30.6 Å². The third kappa shape index (κ3) is 22.0. The maximum Gasteiger partial charge on any atom is 0.297 e. The van der Waals surface area contributed by atoms with Crippen molar-refractivity contribution >= 4 is 10.1 Å². The van der Waals surface area contributed by atoms with E-state index < -0.39 is 10.1 Å². The van der Waals surface area contributed by atoms with Crippen LogP contribution in [0.25, 0.3) is 0 Å². The van der Waals surface area contributed by atoms with Gasteiger partial charge in [0.1, 0.15) is 6.54 Å². The van der Waals surface area contributed by atoms with Gasteiger partial charge in [-0.25, -0.2) is 4.57 Å². The lowest BCUT2D eigenvalue weighted by atomic mass is 10.0. The summed E-state index contributed by atoms with van der Waals surface area (Å²) in [5.41, 5.74) is 0. The molecule has 0 aliphatic heterocycles. The van der Waals surface area contributed by atoms with Crippen LogP contribution in [-0.2, 0) is 21.1 Å². The van der Waals surface area contributed by atoms with E-state index in [2.05, 4.69) is 46.5 Å². The quantitative estimate of drug-likeness (QED) is 0.159. The van der Waals surface area contributed by atoms with Crippen molar-refractivity contribution in [1.29, 1.82) is 0 Å². The van der Waals surface area contributed by atoms with Gasteiger partial charge in [-0.3, -0.25) is 0 Å². The first-order valence-electron chi connectivity index (χ1n) is 12.5. The van der Waals surface area contributed by atoms with Gasteiger partial charge in [0, 0.05) is 18.6 Å². The van der Waals surface area contributed by atoms with Gasteiger partial charge in [-0.15, -0.1) is 0 Å². The van der Waals surface area contributed by atoms with E-state index in [1.54, 1.807) is 0 Å². The molecule has 0 spiro atoms. The Balaban J connectivity index is 0.000000842. The normalized spacial score (nSPS) is 11.2. The van der Waals surface area contributed by atoms with Crippen LogP contribution in [-0.4, -0.2) is 14.2 Å². The molecule has 1 heterocycles. The number of aromatic nitrogens is 1. The minimum Gasteiger partial charge on any atom is -0.205 e. The average Bonchev–Trinajstić information content (AvgIpc) is 2.79. The molecule has 6 heteroatoms. The van der Waals surface area contributed by atoms with Gasteiger partial charge in [0.05, 0.1) is 5.75 Å². The molecule has 0 fully saturated rings. The third-order valence-electron chi connectivity index (χ3n) is 5.39. The second-order valence-electron chi connectivity index (χ2n) is 8.39. The number of aryl methyl sites for hydroxylation is 1. The zero-order chi connectivity index (χ0) is 23.0.